The number of alkyl halides is 3. The van der Waals surface area contributed by atoms with Crippen LogP contribution >= 0.6 is 0 Å². The second-order valence-electron chi connectivity index (χ2n) is 5.86. The molecule has 0 radical (unpaired) electrons. The number of rotatable bonds is 3. The van der Waals surface area contributed by atoms with Gasteiger partial charge in [-0.05, 0) is 25.7 Å². The maximum atomic E-state index is 13.0. The van der Waals surface area contributed by atoms with E-state index in [4.69, 9.17) is 0 Å². The standard InChI is InChI=1S/C13H22F3NO2S/c14-13(15,16)20(18,19)17(11-7-3-1-4-8-11)12-9-5-2-6-10-12/h11-12H,1-10H2. The van der Waals surface area contributed by atoms with Gasteiger partial charge in [-0.1, -0.05) is 38.5 Å². The molecule has 7 heteroatoms. The van der Waals surface area contributed by atoms with Crippen molar-refractivity contribution in [2.45, 2.75) is 81.8 Å². The van der Waals surface area contributed by atoms with Crippen LogP contribution in [0.25, 0.3) is 0 Å². The highest BCUT2D eigenvalue weighted by Gasteiger charge is 2.53. The van der Waals surface area contributed by atoms with Crippen molar-refractivity contribution in [3.05, 3.63) is 0 Å². The summed E-state index contributed by atoms with van der Waals surface area (Å²) >= 11 is 0. The molecule has 0 unspecified atom stereocenters. The Morgan fingerprint density at radius 2 is 1.10 bits per heavy atom. The molecule has 0 aliphatic heterocycles. The first-order valence-corrected chi connectivity index (χ1v) is 8.88. The fraction of sp³-hybridized carbons (Fsp3) is 1.00. The Labute approximate surface area is 118 Å². The van der Waals surface area contributed by atoms with Gasteiger partial charge in [-0.25, -0.2) is 8.42 Å². The van der Waals surface area contributed by atoms with Crippen molar-refractivity contribution in [1.82, 2.24) is 4.31 Å². The molecule has 0 saturated heterocycles. The molecule has 2 fully saturated rings. The summed E-state index contributed by atoms with van der Waals surface area (Å²) in [5.41, 5.74) is -5.18. The highest BCUT2D eigenvalue weighted by atomic mass is 32.2. The Bertz CT molecular complexity index is 392. The molecule has 0 bridgehead atoms. The first-order chi connectivity index (χ1) is 9.34. The van der Waals surface area contributed by atoms with Gasteiger partial charge in [-0.15, -0.1) is 0 Å². The highest BCUT2D eigenvalue weighted by molar-refractivity contribution is 7.90. The van der Waals surface area contributed by atoms with E-state index in [0.717, 1.165) is 42.8 Å². The molecule has 3 nitrogen and oxygen atoms in total. The number of halogens is 3. The number of nitrogens with zero attached hydrogens (tertiary/aromatic N) is 1. The summed E-state index contributed by atoms with van der Waals surface area (Å²) in [6, 6.07) is -0.919. The Balaban J connectivity index is 2.27. The smallest absolute Gasteiger partial charge is 0.203 e. The molecular weight excluding hydrogens is 291 g/mol. The van der Waals surface area contributed by atoms with Gasteiger partial charge < -0.3 is 0 Å². The van der Waals surface area contributed by atoms with Crippen LogP contribution in [-0.2, 0) is 10.0 Å². The molecule has 0 heterocycles. The van der Waals surface area contributed by atoms with E-state index < -0.39 is 27.6 Å². The second kappa shape index (κ2) is 6.22. The van der Waals surface area contributed by atoms with E-state index in [0.29, 0.717) is 25.7 Å². The zero-order valence-corrected chi connectivity index (χ0v) is 12.3. The fourth-order valence-corrected chi connectivity index (χ4v) is 4.93. The van der Waals surface area contributed by atoms with Crippen LogP contribution in [0.4, 0.5) is 13.2 Å². The van der Waals surface area contributed by atoms with Gasteiger partial charge in [0.15, 0.2) is 0 Å². The molecule has 2 rings (SSSR count). The molecule has 0 aromatic rings. The summed E-state index contributed by atoms with van der Waals surface area (Å²) in [6.07, 6.45) is 7.50. The summed E-state index contributed by atoms with van der Waals surface area (Å²) in [5.74, 6) is 0. The lowest BCUT2D eigenvalue weighted by molar-refractivity contribution is -0.0528. The molecule has 0 atom stereocenters. The summed E-state index contributed by atoms with van der Waals surface area (Å²) in [6.45, 7) is 0. The highest BCUT2D eigenvalue weighted by Crippen LogP contribution is 2.37. The maximum Gasteiger partial charge on any atom is 0.511 e. The van der Waals surface area contributed by atoms with Gasteiger partial charge in [0, 0.05) is 12.1 Å². The van der Waals surface area contributed by atoms with Crippen LogP contribution in [0.5, 0.6) is 0 Å². The monoisotopic (exact) mass is 313 g/mol. The van der Waals surface area contributed by atoms with E-state index >= 15 is 0 Å². The lowest BCUT2D eigenvalue weighted by Crippen LogP contribution is -2.52. The van der Waals surface area contributed by atoms with Gasteiger partial charge >= 0.3 is 15.5 Å². The zero-order chi connectivity index (χ0) is 14.8. The molecule has 0 aromatic carbocycles. The second-order valence-corrected chi connectivity index (χ2v) is 7.70. The van der Waals surface area contributed by atoms with Crippen LogP contribution < -0.4 is 0 Å². The van der Waals surface area contributed by atoms with Gasteiger partial charge in [-0.2, -0.15) is 17.5 Å². The Hall–Kier alpha value is -0.300. The van der Waals surface area contributed by atoms with Gasteiger partial charge in [0.05, 0.1) is 0 Å². The van der Waals surface area contributed by atoms with Gasteiger partial charge in [0.1, 0.15) is 0 Å². The van der Waals surface area contributed by atoms with Crippen molar-refractivity contribution in [2.24, 2.45) is 0 Å². The molecular formula is C13H22F3NO2S. The van der Waals surface area contributed by atoms with Crippen LogP contribution in [0.2, 0.25) is 0 Å². The van der Waals surface area contributed by atoms with Crippen LogP contribution in [0.3, 0.4) is 0 Å². The van der Waals surface area contributed by atoms with Crippen molar-refractivity contribution in [1.29, 1.82) is 0 Å². The van der Waals surface area contributed by atoms with E-state index in [1.807, 2.05) is 0 Å². The quantitative estimate of drug-likeness (QED) is 0.794. The fourth-order valence-electron chi connectivity index (χ4n) is 3.48. The molecule has 0 amide bonds. The van der Waals surface area contributed by atoms with Crippen molar-refractivity contribution in [3.63, 3.8) is 0 Å². The summed E-state index contributed by atoms with van der Waals surface area (Å²) in [5, 5.41) is 0. The Kier molecular flexibility index (Phi) is 5.00. The zero-order valence-electron chi connectivity index (χ0n) is 11.5. The third-order valence-electron chi connectivity index (χ3n) is 4.44. The molecule has 2 saturated carbocycles. The minimum Gasteiger partial charge on any atom is -0.203 e. The summed E-state index contributed by atoms with van der Waals surface area (Å²) < 4.78 is 63.6. The van der Waals surface area contributed by atoms with E-state index in [1.165, 1.54) is 0 Å². The number of sulfonamides is 1. The maximum absolute atomic E-state index is 13.0. The Morgan fingerprint density at radius 1 is 0.750 bits per heavy atom. The van der Waals surface area contributed by atoms with E-state index in [2.05, 4.69) is 0 Å². The van der Waals surface area contributed by atoms with Crippen molar-refractivity contribution >= 4 is 10.0 Å². The van der Waals surface area contributed by atoms with E-state index in [1.54, 1.807) is 0 Å². The minimum absolute atomic E-state index is 0.460. The first-order valence-electron chi connectivity index (χ1n) is 7.44. The number of hydrogen-bond donors (Lipinski definition) is 0. The van der Waals surface area contributed by atoms with Crippen LogP contribution in [-0.4, -0.2) is 30.3 Å². The van der Waals surface area contributed by atoms with E-state index in [9.17, 15) is 21.6 Å². The lowest BCUT2D eigenvalue weighted by atomic mass is 9.91. The molecule has 118 valence electrons. The van der Waals surface area contributed by atoms with Crippen molar-refractivity contribution in [3.8, 4) is 0 Å². The third-order valence-corrected chi connectivity index (χ3v) is 6.18. The van der Waals surface area contributed by atoms with Gasteiger partial charge in [0.2, 0.25) is 0 Å². The molecule has 0 N–H and O–H groups in total. The van der Waals surface area contributed by atoms with E-state index in [-0.39, 0.29) is 0 Å². The summed E-state index contributed by atoms with van der Waals surface area (Å²) in [4.78, 5) is 0. The van der Waals surface area contributed by atoms with Crippen molar-refractivity contribution < 1.29 is 21.6 Å². The lowest BCUT2D eigenvalue weighted by Gasteiger charge is -2.40. The normalized spacial score (nSPS) is 24.2. The van der Waals surface area contributed by atoms with Crippen LogP contribution in [0.15, 0.2) is 0 Å². The molecule has 2 aliphatic carbocycles. The predicted octanol–water partition coefficient (Wildman–Crippen LogP) is 3.80. The van der Waals surface area contributed by atoms with Gasteiger partial charge in [0.25, 0.3) is 0 Å². The third kappa shape index (κ3) is 3.30. The molecule has 2 aliphatic rings. The number of hydrogen-bond acceptors (Lipinski definition) is 2. The Morgan fingerprint density at radius 3 is 1.40 bits per heavy atom. The predicted molar refractivity (Wildman–Crippen MR) is 70.6 cm³/mol. The van der Waals surface area contributed by atoms with Crippen molar-refractivity contribution in [2.75, 3.05) is 0 Å². The molecule has 20 heavy (non-hydrogen) atoms. The average Bonchev–Trinajstić information content (AvgIpc) is 2.40. The average molecular weight is 313 g/mol. The van der Waals surface area contributed by atoms with Gasteiger partial charge in [-0.3, -0.25) is 0 Å². The summed E-state index contributed by atoms with van der Waals surface area (Å²) in [7, 11) is -5.20. The largest absolute Gasteiger partial charge is 0.511 e. The van der Waals surface area contributed by atoms with Crippen LogP contribution in [0.1, 0.15) is 64.2 Å². The first kappa shape index (κ1) is 16.1. The molecule has 0 spiro atoms. The minimum atomic E-state index is -5.20. The SMILES string of the molecule is O=S(=O)(N(C1CCCCC1)C1CCCCC1)C(F)(F)F. The van der Waals surface area contributed by atoms with Crippen LogP contribution in [0, 0.1) is 0 Å². The topological polar surface area (TPSA) is 37.4 Å². The molecule has 0 aromatic heterocycles.